The van der Waals surface area contributed by atoms with Crippen LogP contribution < -0.4 is 0 Å². The molecule has 0 saturated heterocycles. The van der Waals surface area contributed by atoms with Crippen molar-refractivity contribution in [3.63, 3.8) is 0 Å². The molecule has 6 heteroatoms. The first-order valence-corrected chi connectivity index (χ1v) is 6.06. The van der Waals surface area contributed by atoms with Crippen molar-refractivity contribution in [3.8, 4) is 12.3 Å². The molecule has 1 N–H and O–H groups in total. The molecule has 0 rings (SSSR count). The Morgan fingerprint density at radius 3 is 2.22 bits per heavy atom. The molecule has 0 saturated carbocycles. The largest absolute Gasteiger partial charge is 0.540 e. The molecule has 0 fully saturated rings. The van der Waals surface area contributed by atoms with Gasteiger partial charge in [0.25, 0.3) is 0 Å². The second-order valence-corrected chi connectivity index (χ2v) is 3.74. The highest BCUT2D eigenvalue weighted by atomic mass is 17.7. The maximum absolute atomic E-state index is 9.81. The lowest BCUT2D eigenvalue weighted by molar-refractivity contribution is -0.618. The van der Waals surface area contributed by atoms with Crippen LogP contribution in [0.2, 0.25) is 0 Å². The van der Waals surface area contributed by atoms with Crippen LogP contribution >= 0.6 is 0 Å². The average Bonchev–Trinajstić information content (AvgIpc) is 2.34. The number of unbranched alkanes of at least 4 members (excludes halogenated alkanes) is 7. The quantitative estimate of drug-likeness (QED) is 0.251. The van der Waals surface area contributed by atoms with Crippen molar-refractivity contribution in [1.29, 1.82) is 0 Å². The van der Waals surface area contributed by atoms with Gasteiger partial charge in [-0.2, -0.15) is 0 Å². The predicted molar refractivity (Wildman–Crippen MR) is 63.0 cm³/mol. The molecule has 0 bridgehead atoms. The summed E-state index contributed by atoms with van der Waals surface area (Å²) in [5.41, 5.74) is 0. The van der Waals surface area contributed by atoms with E-state index < -0.39 is 6.16 Å². The highest BCUT2D eigenvalue weighted by Crippen LogP contribution is 2.08. The molecule has 0 aliphatic rings. The Kier molecular flexibility index (Phi) is 12.8. The number of carboxylic acid groups (broad SMARTS) is 1. The average molecular weight is 260 g/mol. The second-order valence-electron chi connectivity index (χ2n) is 3.74. The van der Waals surface area contributed by atoms with Crippen LogP contribution in [0.1, 0.15) is 51.4 Å². The third-order valence-electron chi connectivity index (χ3n) is 2.23. The van der Waals surface area contributed by atoms with Crippen LogP contribution in [-0.4, -0.2) is 17.9 Å². The van der Waals surface area contributed by atoms with Crippen molar-refractivity contribution < 1.29 is 29.8 Å². The number of terminal acetylenes is 1. The van der Waals surface area contributed by atoms with Gasteiger partial charge in [-0.15, -0.1) is 12.3 Å². The predicted octanol–water partition coefficient (Wildman–Crippen LogP) is 3.23. The zero-order valence-corrected chi connectivity index (χ0v) is 10.4. The third-order valence-corrected chi connectivity index (χ3v) is 2.23. The topological polar surface area (TPSA) is 74.2 Å². The Balaban J connectivity index is 2.95. The first kappa shape index (κ1) is 16.7. The normalized spacial score (nSPS) is 9.94. The summed E-state index contributed by atoms with van der Waals surface area (Å²) < 4.78 is 0. The van der Waals surface area contributed by atoms with Gasteiger partial charge in [0.15, 0.2) is 0 Å². The molecule has 6 nitrogen and oxygen atoms in total. The summed E-state index contributed by atoms with van der Waals surface area (Å²) >= 11 is 0. The summed E-state index contributed by atoms with van der Waals surface area (Å²) in [6.07, 6.45) is 12.1. The Bertz CT molecular complexity index is 235. The second kappa shape index (κ2) is 13.8. The van der Waals surface area contributed by atoms with E-state index in [1.807, 2.05) is 0 Å². The zero-order chi connectivity index (χ0) is 13.5. The summed E-state index contributed by atoms with van der Waals surface area (Å²) in [7, 11) is 0. The molecule has 0 unspecified atom stereocenters. The maximum Gasteiger partial charge on any atom is 0.540 e. The zero-order valence-electron chi connectivity index (χ0n) is 10.4. The lowest BCUT2D eigenvalue weighted by Gasteiger charge is -2.01. The molecule has 0 aromatic carbocycles. The van der Waals surface area contributed by atoms with Crippen molar-refractivity contribution in [3.05, 3.63) is 0 Å². The van der Waals surface area contributed by atoms with Gasteiger partial charge in [-0.1, -0.05) is 32.1 Å². The first-order chi connectivity index (χ1) is 8.77. The molecule has 0 amide bonds. The van der Waals surface area contributed by atoms with Gasteiger partial charge in [0.2, 0.25) is 0 Å². The molecule has 18 heavy (non-hydrogen) atoms. The third kappa shape index (κ3) is 14.7. The van der Waals surface area contributed by atoms with Crippen molar-refractivity contribution in [2.45, 2.75) is 51.4 Å². The molecule has 104 valence electrons. The van der Waals surface area contributed by atoms with Crippen LogP contribution in [0.5, 0.6) is 0 Å². The van der Waals surface area contributed by atoms with E-state index in [4.69, 9.17) is 11.5 Å². The molecule has 0 aromatic heterocycles. The molecule has 0 radical (unpaired) electrons. The van der Waals surface area contributed by atoms with E-state index in [9.17, 15) is 4.79 Å². The van der Waals surface area contributed by atoms with Crippen LogP contribution in [-0.2, 0) is 19.9 Å². The van der Waals surface area contributed by atoms with Crippen molar-refractivity contribution in [2.24, 2.45) is 0 Å². The van der Waals surface area contributed by atoms with Crippen molar-refractivity contribution in [2.75, 3.05) is 6.61 Å². The standard InChI is InChI=1S/C12H20O6/c1-2-3-4-5-6-7-8-9-10-11-15-17-18-16-12(13)14/h1H,3-11H2,(H,13,14). The van der Waals surface area contributed by atoms with Gasteiger partial charge in [-0.25, -0.2) is 14.6 Å². The molecule has 0 aromatic rings. The van der Waals surface area contributed by atoms with Crippen molar-refractivity contribution in [1.82, 2.24) is 0 Å². The van der Waals surface area contributed by atoms with Gasteiger partial charge in [0, 0.05) is 11.5 Å². The maximum atomic E-state index is 9.81. The molecule has 0 atom stereocenters. The van der Waals surface area contributed by atoms with E-state index in [0.29, 0.717) is 6.61 Å². The minimum Gasteiger partial charge on any atom is -0.448 e. The van der Waals surface area contributed by atoms with Gasteiger partial charge in [0.05, 0.1) is 6.61 Å². The number of hydrogen-bond acceptors (Lipinski definition) is 5. The molecule has 0 heterocycles. The summed E-state index contributed by atoms with van der Waals surface area (Å²) in [5, 5.41) is 15.7. The van der Waals surface area contributed by atoms with E-state index in [2.05, 4.69) is 25.8 Å². The SMILES string of the molecule is C#CCCCCCCCCCOOOOC(=O)O. The molecule has 0 aliphatic carbocycles. The lowest BCUT2D eigenvalue weighted by atomic mass is 10.1. The van der Waals surface area contributed by atoms with Gasteiger partial charge in [-0.05, 0) is 17.9 Å². The number of rotatable bonds is 12. The van der Waals surface area contributed by atoms with Gasteiger partial charge < -0.3 is 5.11 Å². The van der Waals surface area contributed by atoms with E-state index in [1.165, 1.54) is 19.3 Å². The number of hydrogen-bond donors (Lipinski definition) is 1. The Morgan fingerprint density at radius 2 is 1.61 bits per heavy atom. The van der Waals surface area contributed by atoms with Crippen molar-refractivity contribution >= 4 is 6.16 Å². The van der Waals surface area contributed by atoms with Gasteiger partial charge >= 0.3 is 6.16 Å². The van der Waals surface area contributed by atoms with Crippen LogP contribution in [0.4, 0.5) is 4.79 Å². The molecule has 0 spiro atoms. The Hall–Kier alpha value is -1.29. The smallest absolute Gasteiger partial charge is 0.448 e. The highest BCUT2D eigenvalue weighted by molar-refractivity contribution is 5.55. The number of carbonyl (C=O) groups is 1. The minimum atomic E-state index is -1.59. The summed E-state index contributed by atoms with van der Waals surface area (Å²) in [5.74, 6) is 2.62. The minimum absolute atomic E-state index is 0.333. The van der Waals surface area contributed by atoms with E-state index in [0.717, 1.165) is 32.1 Å². The lowest BCUT2D eigenvalue weighted by Crippen LogP contribution is -2.04. The summed E-state index contributed by atoms with van der Waals surface area (Å²) in [6, 6.07) is 0. The first-order valence-electron chi connectivity index (χ1n) is 6.06. The fourth-order valence-electron chi connectivity index (χ4n) is 1.37. The Labute approximate surface area is 107 Å². The summed E-state index contributed by atoms with van der Waals surface area (Å²) in [6.45, 7) is 0.333. The molecular weight excluding hydrogens is 240 g/mol. The monoisotopic (exact) mass is 260 g/mol. The fourth-order valence-corrected chi connectivity index (χ4v) is 1.37. The van der Waals surface area contributed by atoms with E-state index >= 15 is 0 Å². The van der Waals surface area contributed by atoms with E-state index in [-0.39, 0.29) is 0 Å². The fraction of sp³-hybridized carbons (Fsp3) is 0.750. The van der Waals surface area contributed by atoms with Crippen LogP contribution in [0.25, 0.3) is 0 Å². The van der Waals surface area contributed by atoms with Gasteiger partial charge in [0.1, 0.15) is 0 Å². The highest BCUT2D eigenvalue weighted by Gasteiger charge is 1.98. The molecular formula is C12H20O6. The molecule has 0 aliphatic heterocycles. The van der Waals surface area contributed by atoms with Crippen LogP contribution in [0, 0.1) is 12.3 Å². The van der Waals surface area contributed by atoms with Crippen LogP contribution in [0.3, 0.4) is 0 Å². The summed E-state index contributed by atoms with van der Waals surface area (Å²) in [4.78, 5) is 17.9. The van der Waals surface area contributed by atoms with Crippen LogP contribution in [0.15, 0.2) is 0 Å². The van der Waals surface area contributed by atoms with E-state index in [1.54, 1.807) is 0 Å². The Morgan fingerprint density at radius 1 is 1.00 bits per heavy atom. The van der Waals surface area contributed by atoms with Gasteiger partial charge in [-0.3, -0.25) is 0 Å².